The first kappa shape index (κ1) is 18.8. The molecule has 0 radical (unpaired) electrons. The summed E-state index contributed by atoms with van der Waals surface area (Å²) in [6.07, 6.45) is 1.53. The average molecular weight is 377 g/mol. The lowest BCUT2D eigenvalue weighted by molar-refractivity contribution is 0.0605. The van der Waals surface area contributed by atoms with Crippen molar-refractivity contribution in [2.24, 2.45) is 0 Å². The Morgan fingerprint density at radius 3 is 2.38 bits per heavy atom. The SMILES string of the molecule is Oc1ccc(OC[C@@H](O)CN2CCC(Nc3ccc(Cl)cc3)CC2)cc1. The Hall–Kier alpha value is -1.95. The number of ether oxygens (including phenoxy) is 1. The van der Waals surface area contributed by atoms with Crippen LogP contribution in [-0.4, -0.2) is 53.5 Å². The maximum absolute atomic E-state index is 10.2. The summed E-state index contributed by atoms with van der Waals surface area (Å²) in [6.45, 7) is 2.74. The number of aromatic hydroxyl groups is 1. The van der Waals surface area contributed by atoms with Gasteiger partial charge in [-0.2, -0.15) is 0 Å². The van der Waals surface area contributed by atoms with Crippen molar-refractivity contribution in [3.8, 4) is 11.5 Å². The van der Waals surface area contributed by atoms with Gasteiger partial charge in [-0.1, -0.05) is 11.6 Å². The van der Waals surface area contributed by atoms with Crippen LogP contribution < -0.4 is 10.1 Å². The highest BCUT2D eigenvalue weighted by atomic mass is 35.5. The van der Waals surface area contributed by atoms with Gasteiger partial charge in [0.25, 0.3) is 0 Å². The fourth-order valence-electron chi connectivity index (χ4n) is 3.13. The van der Waals surface area contributed by atoms with Gasteiger partial charge in [-0.15, -0.1) is 0 Å². The summed E-state index contributed by atoms with van der Waals surface area (Å²) in [4.78, 5) is 2.27. The van der Waals surface area contributed by atoms with Gasteiger partial charge >= 0.3 is 0 Å². The second-order valence-electron chi connectivity index (χ2n) is 6.68. The van der Waals surface area contributed by atoms with Crippen molar-refractivity contribution in [1.82, 2.24) is 4.90 Å². The smallest absolute Gasteiger partial charge is 0.119 e. The fraction of sp³-hybridized carbons (Fsp3) is 0.400. The number of hydrogen-bond acceptors (Lipinski definition) is 5. The van der Waals surface area contributed by atoms with Crippen LogP contribution in [0.1, 0.15) is 12.8 Å². The van der Waals surface area contributed by atoms with Gasteiger partial charge in [-0.3, -0.25) is 0 Å². The van der Waals surface area contributed by atoms with Gasteiger partial charge in [0.2, 0.25) is 0 Å². The summed E-state index contributed by atoms with van der Waals surface area (Å²) in [7, 11) is 0. The number of β-amino-alcohol motifs (C(OH)–C–C–N with tert-alkyl or cyclic N) is 1. The van der Waals surface area contributed by atoms with Gasteiger partial charge in [0.1, 0.15) is 24.2 Å². The van der Waals surface area contributed by atoms with Crippen molar-refractivity contribution in [3.63, 3.8) is 0 Å². The number of nitrogens with zero attached hydrogens (tertiary/aromatic N) is 1. The van der Waals surface area contributed by atoms with E-state index in [4.69, 9.17) is 16.3 Å². The molecule has 1 aliphatic rings. The zero-order valence-corrected chi connectivity index (χ0v) is 15.4. The van der Waals surface area contributed by atoms with E-state index in [0.29, 0.717) is 18.3 Å². The third kappa shape index (κ3) is 5.80. The molecule has 0 spiro atoms. The highest BCUT2D eigenvalue weighted by Crippen LogP contribution is 2.19. The number of phenols is 1. The third-order valence-electron chi connectivity index (χ3n) is 4.55. The maximum atomic E-state index is 10.2. The van der Waals surface area contributed by atoms with E-state index >= 15 is 0 Å². The molecule has 26 heavy (non-hydrogen) atoms. The Bertz CT molecular complexity index is 670. The van der Waals surface area contributed by atoms with Crippen LogP contribution in [0.2, 0.25) is 5.02 Å². The normalized spacial score (nSPS) is 17.0. The van der Waals surface area contributed by atoms with E-state index in [1.54, 1.807) is 24.3 Å². The highest BCUT2D eigenvalue weighted by Gasteiger charge is 2.21. The molecule has 0 aromatic heterocycles. The molecule has 1 aliphatic heterocycles. The number of halogens is 1. The van der Waals surface area contributed by atoms with Crippen molar-refractivity contribution in [2.45, 2.75) is 25.0 Å². The minimum absolute atomic E-state index is 0.202. The summed E-state index contributed by atoms with van der Waals surface area (Å²) < 4.78 is 5.56. The quantitative estimate of drug-likeness (QED) is 0.691. The Morgan fingerprint density at radius 2 is 1.73 bits per heavy atom. The topological polar surface area (TPSA) is 65.0 Å². The Kier molecular flexibility index (Phi) is 6.61. The summed E-state index contributed by atoms with van der Waals surface area (Å²) in [5.74, 6) is 0.848. The van der Waals surface area contributed by atoms with Gasteiger partial charge < -0.3 is 25.2 Å². The molecule has 0 aliphatic carbocycles. The minimum atomic E-state index is -0.537. The number of aliphatic hydroxyl groups is 1. The molecule has 1 fully saturated rings. The lowest BCUT2D eigenvalue weighted by Gasteiger charge is -2.33. The minimum Gasteiger partial charge on any atom is -0.508 e. The molecule has 5 nitrogen and oxygen atoms in total. The summed E-state index contributed by atoms with van der Waals surface area (Å²) in [5, 5.41) is 23.7. The first-order chi connectivity index (χ1) is 12.6. The molecule has 0 bridgehead atoms. The van der Waals surface area contributed by atoms with Gasteiger partial charge in [-0.05, 0) is 61.4 Å². The largest absolute Gasteiger partial charge is 0.508 e. The predicted octanol–water partition coefficient (Wildman–Crippen LogP) is 3.36. The Morgan fingerprint density at radius 1 is 1.08 bits per heavy atom. The fourth-order valence-corrected chi connectivity index (χ4v) is 3.25. The van der Waals surface area contributed by atoms with E-state index in [1.165, 1.54) is 0 Å². The maximum Gasteiger partial charge on any atom is 0.119 e. The summed E-state index contributed by atoms with van der Waals surface area (Å²) in [6, 6.07) is 14.7. The average Bonchev–Trinajstić information content (AvgIpc) is 2.65. The first-order valence-electron chi connectivity index (χ1n) is 8.93. The molecule has 6 heteroatoms. The van der Waals surface area contributed by atoms with Crippen LogP contribution in [0.15, 0.2) is 48.5 Å². The van der Waals surface area contributed by atoms with E-state index in [2.05, 4.69) is 10.2 Å². The second-order valence-corrected chi connectivity index (χ2v) is 7.12. The van der Waals surface area contributed by atoms with Crippen LogP contribution in [0.5, 0.6) is 11.5 Å². The number of anilines is 1. The molecular weight excluding hydrogens is 352 g/mol. The Labute approximate surface area is 159 Å². The van der Waals surface area contributed by atoms with Gasteiger partial charge in [0.05, 0.1) is 0 Å². The molecular formula is C20H25ClN2O3. The lowest BCUT2D eigenvalue weighted by Crippen LogP contribution is -2.43. The molecule has 3 rings (SSSR count). The molecule has 3 N–H and O–H groups in total. The number of likely N-dealkylation sites (tertiary alicyclic amines) is 1. The summed E-state index contributed by atoms with van der Waals surface area (Å²) >= 11 is 5.91. The molecule has 1 heterocycles. The second kappa shape index (κ2) is 9.12. The third-order valence-corrected chi connectivity index (χ3v) is 4.80. The van der Waals surface area contributed by atoms with Crippen molar-refractivity contribution in [2.75, 3.05) is 31.6 Å². The van der Waals surface area contributed by atoms with Crippen LogP contribution >= 0.6 is 11.6 Å². The summed E-state index contributed by atoms with van der Waals surface area (Å²) in [5.41, 5.74) is 1.09. The van der Waals surface area contributed by atoms with Gasteiger partial charge in [0.15, 0.2) is 0 Å². The van der Waals surface area contributed by atoms with E-state index < -0.39 is 6.10 Å². The first-order valence-corrected chi connectivity index (χ1v) is 9.30. The number of nitrogens with one attached hydrogen (secondary N) is 1. The number of rotatable bonds is 7. The van der Waals surface area contributed by atoms with E-state index in [0.717, 1.165) is 36.6 Å². The Balaban J connectivity index is 1.36. The number of aliphatic hydroxyl groups excluding tert-OH is 1. The molecule has 0 saturated carbocycles. The van der Waals surface area contributed by atoms with Crippen LogP contribution in [0.25, 0.3) is 0 Å². The number of benzene rings is 2. The van der Waals surface area contributed by atoms with Crippen LogP contribution in [0, 0.1) is 0 Å². The molecule has 2 aromatic carbocycles. The highest BCUT2D eigenvalue weighted by molar-refractivity contribution is 6.30. The van der Waals surface area contributed by atoms with Crippen LogP contribution in [-0.2, 0) is 0 Å². The van der Waals surface area contributed by atoms with Crippen molar-refractivity contribution < 1.29 is 14.9 Å². The molecule has 0 unspecified atom stereocenters. The van der Waals surface area contributed by atoms with Crippen LogP contribution in [0.4, 0.5) is 5.69 Å². The van der Waals surface area contributed by atoms with E-state index in [1.807, 2.05) is 24.3 Å². The molecule has 2 aromatic rings. The number of hydrogen-bond donors (Lipinski definition) is 3. The monoisotopic (exact) mass is 376 g/mol. The molecule has 1 atom stereocenters. The zero-order chi connectivity index (χ0) is 18.4. The van der Waals surface area contributed by atoms with Crippen molar-refractivity contribution in [3.05, 3.63) is 53.6 Å². The van der Waals surface area contributed by atoms with Crippen LogP contribution in [0.3, 0.4) is 0 Å². The number of piperidine rings is 1. The predicted molar refractivity (Wildman–Crippen MR) is 104 cm³/mol. The standard InChI is InChI=1S/C20H25ClN2O3/c21-15-1-3-16(4-2-15)22-17-9-11-23(12-10-17)13-19(25)14-26-20-7-5-18(24)6-8-20/h1-8,17,19,22,24-25H,9-14H2/t19-/m0/s1. The zero-order valence-electron chi connectivity index (χ0n) is 14.6. The van der Waals surface area contributed by atoms with Gasteiger partial charge in [0, 0.05) is 36.4 Å². The van der Waals surface area contributed by atoms with Gasteiger partial charge in [-0.25, -0.2) is 0 Å². The lowest BCUT2D eigenvalue weighted by atomic mass is 10.0. The van der Waals surface area contributed by atoms with Crippen molar-refractivity contribution >= 4 is 17.3 Å². The molecule has 1 saturated heterocycles. The molecule has 0 amide bonds. The number of phenolic OH excluding ortho intramolecular Hbond substituents is 1. The van der Waals surface area contributed by atoms with Crippen molar-refractivity contribution in [1.29, 1.82) is 0 Å². The molecule has 140 valence electrons. The van der Waals surface area contributed by atoms with E-state index in [9.17, 15) is 10.2 Å². The van der Waals surface area contributed by atoms with E-state index in [-0.39, 0.29) is 12.4 Å².